The van der Waals surface area contributed by atoms with Gasteiger partial charge in [-0.25, -0.2) is 4.98 Å². The van der Waals surface area contributed by atoms with Crippen LogP contribution >= 0.6 is 23.4 Å². The molecular formula is C19H16ClN3O2S. The normalized spacial score (nSPS) is 14.4. The Kier molecular flexibility index (Phi) is 4.46. The number of carbonyl (C=O) groups is 1. The molecular weight excluding hydrogens is 370 g/mol. The van der Waals surface area contributed by atoms with Gasteiger partial charge in [0.15, 0.2) is 5.16 Å². The molecule has 0 radical (unpaired) electrons. The van der Waals surface area contributed by atoms with Crippen LogP contribution in [0.1, 0.15) is 17.7 Å². The number of fused-ring (bicyclic) bond motifs is 2. The van der Waals surface area contributed by atoms with Gasteiger partial charge < -0.3 is 9.88 Å². The highest BCUT2D eigenvalue weighted by atomic mass is 35.5. The summed E-state index contributed by atoms with van der Waals surface area (Å²) in [5.74, 6) is -0.0412. The van der Waals surface area contributed by atoms with E-state index in [1.165, 1.54) is 11.8 Å². The highest BCUT2D eigenvalue weighted by Gasteiger charge is 2.26. The fourth-order valence-electron chi connectivity index (χ4n) is 3.33. The van der Waals surface area contributed by atoms with Crippen molar-refractivity contribution in [3.63, 3.8) is 0 Å². The lowest BCUT2D eigenvalue weighted by Crippen LogP contribution is -2.29. The summed E-state index contributed by atoms with van der Waals surface area (Å²) in [5, 5.41) is 2.96. The Morgan fingerprint density at radius 3 is 2.69 bits per heavy atom. The summed E-state index contributed by atoms with van der Waals surface area (Å²) in [5.41, 5.74) is 1.82. The number of aromatic nitrogens is 2. The number of anilines is 1. The molecule has 0 bridgehead atoms. The number of benzene rings is 2. The number of rotatable bonds is 2. The molecule has 132 valence electrons. The Morgan fingerprint density at radius 1 is 1.15 bits per heavy atom. The van der Waals surface area contributed by atoms with Crippen LogP contribution in [0.5, 0.6) is 0 Å². The maximum Gasteiger partial charge on any atom is 0.255 e. The third-order valence-electron chi connectivity index (χ3n) is 4.59. The predicted molar refractivity (Wildman–Crippen MR) is 105 cm³/mol. The molecule has 1 aliphatic heterocycles. The molecule has 1 N–H and O–H groups in total. The van der Waals surface area contributed by atoms with E-state index in [2.05, 4.69) is 9.97 Å². The molecule has 4 rings (SSSR count). The second kappa shape index (κ2) is 6.78. The lowest BCUT2D eigenvalue weighted by atomic mass is 10.1. The first-order valence-electron chi connectivity index (χ1n) is 8.22. The SMILES string of the molecule is CSc1nc2c(c(=O)[nH]1)CCC(=O)N(c1cccc3cccc(Cl)c13)C2. The first-order valence-corrected chi connectivity index (χ1v) is 9.82. The van der Waals surface area contributed by atoms with Crippen molar-refractivity contribution in [3.8, 4) is 0 Å². The van der Waals surface area contributed by atoms with Gasteiger partial charge in [-0.15, -0.1) is 0 Å². The van der Waals surface area contributed by atoms with Crippen LogP contribution in [0, 0.1) is 0 Å². The number of H-pyrrole nitrogens is 1. The zero-order valence-electron chi connectivity index (χ0n) is 14.1. The number of nitrogens with one attached hydrogen (secondary N) is 1. The van der Waals surface area contributed by atoms with Crippen molar-refractivity contribution in [2.75, 3.05) is 11.2 Å². The fraction of sp³-hybridized carbons (Fsp3) is 0.211. The lowest BCUT2D eigenvalue weighted by molar-refractivity contribution is -0.118. The number of thioether (sulfide) groups is 1. The molecule has 7 heteroatoms. The Morgan fingerprint density at radius 2 is 1.92 bits per heavy atom. The molecule has 26 heavy (non-hydrogen) atoms. The smallest absolute Gasteiger partial charge is 0.255 e. The minimum Gasteiger partial charge on any atom is -0.306 e. The van der Waals surface area contributed by atoms with Crippen molar-refractivity contribution in [3.05, 3.63) is 63.0 Å². The third-order valence-corrected chi connectivity index (χ3v) is 5.49. The van der Waals surface area contributed by atoms with Crippen molar-refractivity contribution in [2.24, 2.45) is 0 Å². The molecule has 0 spiro atoms. The molecule has 2 heterocycles. The Hall–Kier alpha value is -2.31. The van der Waals surface area contributed by atoms with E-state index >= 15 is 0 Å². The Bertz CT molecular complexity index is 1070. The van der Waals surface area contributed by atoms with Crippen LogP contribution in [-0.4, -0.2) is 22.1 Å². The molecule has 0 saturated heterocycles. The predicted octanol–water partition coefficient (Wildman–Crippen LogP) is 3.78. The van der Waals surface area contributed by atoms with E-state index in [9.17, 15) is 9.59 Å². The molecule has 1 aliphatic rings. The van der Waals surface area contributed by atoms with Crippen LogP contribution in [0.2, 0.25) is 5.02 Å². The molecule has 0 saturated carbocycles. The van der Waals surface area contributed by atoms with Crippen molar-refractivity contribution in [1.29, 1.82) is 0 Å². The van der Waals surface area contributed by atoms with E-state index in [1.807, 2.05) is 42.7 Å². The summed E-state index contributed by atoms with van der Waals surface area (Å²) >= 11 is 7.81. The summed E-state index contributed by atoms with van der Waals surface area (Å²) < 4.78 is 0. The molecule has 3 aromatic rings. The Labute approximate surface area is 159 Å². The van der Waals surface area contributed by atoms with Gasteiger partial charge in [-0.3, -0.25) is 9.59 Å². The van der Waals surface area contributed by atoms with E-state index in [0.717, 1.165) is 16.5 Å². The first kappa shape index (κ1) is 17.1. The van der Waals surface area contributed by atoms with Gasteiger partial charge >= 0.3 is 0 Å². The van der Waals surface area contributed by atoms with Gasteiger partial charge in [0.1, 0.15) is 0 Å². The summed E-state index contributed by atoms with van der Waals surface area (Å²) in [6, 6.07) is 11.4. The van der Waals surface area contributed by atoms with E-state index in [-0.39, 0.29) is 24.4 Å². The van der Waals surface area contributed by atoms with Gasteiger partial charge in [0, 0.05) is 17.4 Å². The van der Waals surface area contributed by atoms with E-state index in [1.54, 1.807) is 4.90 Å². The average Bonchev–Trinajstić information content (AvgIpc) is 2.81. The van der Waals surface area contributed by atoms with Crippen LogP contribution in [0.3, 0.4) is 0 Å². The van der Waals surface area contributed by atoms with Gasteiger partial charge in [-0.1, -0.05) is 47.6 Å². The van der Waals surface area contributed by atoms with Crippen molar-refractivity contribution < 1.29 is 4.79 Å². The summed E-state index contributed by atoms with van der Waals surface area (Å²) in [6.07, 6.45) is 2.51. The number of carbonyl (C=O) groups excluding carboxylic acids is 1. The van der Waals surface area contributed by atoms with Gasteiger partial charge in [-0.05, 0) is 30.2 Å². The highest BCUT2D eigenvalue weighted by Crippen LogP contribution is 2.34. The van der Waals surface area contributed by atoms with Crippen LogP contribution in [0.15, 0.2) is 46.3 Å². The largest absolute Gasteiger partial charge is 0.306 e. The van der Waals surface area contributed by atoms with E-state index in [4.69, 9.17) is 11.6 Å². The van der Waals surface area contributed by atoms with Crippen LogP contribution in [0.4, 0.5) is 5.69 Å². The quantitative estimate of drug-likeness (QED) is 0.538. The maximum atomic E-state index is 12.8. The average molecular weight is 386 g/mol. The lowest BCUT2D eigenvalue weighted by Gasteiger charge is -2.23. The third kappa shape index (κ3) is 2.89. The standard InChI is InChI=1S/C19H16ClN3O2S/c1-26-19-21-14-10-23(16(24)9-8-12(14)18(25)22-19)15-7-3-5-11-4-2-6-13(20)17(11)15/h2-7H,8-10H2,1H3,(H,21,22,25). The van der Waals surface area contributed by atoms with Gasteiger partial charge in [0.05, 0.1) is 22.9 Å². The molecule has 0 unspecified atom stereocenters. The number of amides is 1. The maximum absolute atomic E-state index is 12.8. The van der Waals surface area contributed by atoms with Crippen LogP contribution in [-0.2, 0) is 17.8 Å². The Balaban J connectivity index is 1.89. The zero-order valence-corrected chi connectivity index (χ0v) is 15.7. The van der Waals surface area contributed by atoms with Crippen molar-refractivity contribution in [2.45, 2.75) is 24.5 Å². The first-order chi connectivity index (χ1) is 12.6. The minimum absolute atomic E-state index is 0.0412. The minimum atomic E-state index is -0.162. The molecule has 5 nitrogen and oxygen atoms in total. The highest BCUT2D eigenvalue weighted by molar-refractivity contribution is 7.98. The number of aromatic amines is 1. The summed E-state index contributed by atoms with van der Waals surface area (Å²) in [6.45, 7) is 0.260. The van der Waals surface area contributed by atoms with Crippen molar-refractivity contribution in [1.82, 2.24) is 9.97 Å². The number of hydrogen-bond donors (Lipinski definition) is 1. The number of halogens is 1. The van der Waals surface area contributed by atoms with Gasteiger partial charge in [-0.2, -0.15) is 0 Å². The topological polar surface area (TPSA) is 66.1 Å². The zero-order chi connectivity index (χ0) is 18.3. The molecule has 1 aromatic heterocycles. The summed E-state index contributed by atoms with van der Waals surface area (Å²) in [7, 11) is 0. The number of nitrogens with zero attached hydrogens (tertiary/aromatic N) is 2. The van der Waals surface area contributed by atoms with Crippen LogP contribution in [0.25, 0.3) is 10.8 Å². The van der Waals surface area contributed by atoms with E-state index < -0.39 is 0 Å². The molecule has 0 atom stereocenters. The van der Waals surface area contributed by atoms with Crippen LogP contribution < -0.4 is 10.5 Å². The number of hydrogen-bond acceptors (Lipinski definition) is 4. The molecule has 0 fully saturated rings. The molecule has 1 amide bonds. The molecule has 0 aliphatic carbocycles. The van der Waals surface area contributed by atoms with Gasteiger partial charge in [0.2, 0.25) is 5.91 Å². The second-order valence-electron chi connectivity index (χ2n) is 6.10. The van der Waals surface area contributed by atoms with Crippen molar-refractivity contribution >= 4 is 45.7 Å². The van der Waals surface area contributed by atoms with Gasteiger partial charge in [0.25, 0.3) is 5.56 Å². The fourth-order valence-corrected chi connectivity index (χ4v) is 4.01. The second-order valence-corrected chi connectivity index (χ2v) is 7.30. The summed E-state index contributed by atoms with van der Waals surface area (Å²) in [4.78, 5) is 34.2. The van der Waals surface area contributed by atoms with E-state index in [0.29, 0.717) is 27.9 Å². The monoisotopic (exact) mass is 385 g/mol. The molecule has 2 aromatic carbocycles.